The van der Waals surface area contributed by atoms with Crippen LogP contribution in [0.25, 0.3) is 11.3 Å². The van der Waals surface area contributed by atoms with Gasteiger partial charge in [-0.3, -0.25) is 9.48 Å². The van der Waals surface area contributed by atoms with Crippen molar-refractivity contribution in [1.82, 2.24) is 14.8 Å². The molecule has 1 N–H and O–H groups in total. The molecule has 1 fully saturated rings. The van der Waals surface area contributed by atoms with Crippen molar-refractivity contribution in [2.75, 3.05) is 36.5 Å². The summed E-state index contributed by atoms with van der Waals surface area (Å²) in [7, 11) is 0. The maximum Gasteiger partial charge on any atom is 0.248 e. The van der Waals surface area contributed by atoms with Crippen molar-refractivity contribution in [3.63, 3.8) is 0 Å². The third kappa shape index (κ3) is 3.93. The van der Waals surface area contributed by atoms with Gasteiger partial charge in [0, 0.05) is 41.6 Å². The van der Waals surface area contributed by atoms with E-state index in [9.17, 15) is 4.79 Å². The second-order valence-electron chi connectivity index (χ2n) is 6.77. The van der Waals surface area contributed by atoms with E-state index in [1.165, 1.54) is 0 Å². The van der Waals surface area contributed by atoms with Gasteiger partial charge in [0.15, 0.2) is 5.13 Å². The van der Waals surface area contributed by atoms with Gasteiger partial charge >= 0.3 is 0 Å². The summed E-state index contributed by atoms with van der Waals surface area (Å²) in [6.45, 7) is 7.04. The molecule has 3 heterocycles. The molecule has 1 aliphatic heterocycles. The van der Waals surface area contributed by atoms with Gasteiger partial charge in [0.25, 0.3) is 0 Å². The van der Waals surface area contributed by atoms with Crippen LogP contribution in [0.15, 0.2) is 41.9 Å². The molecule has 1 atom stereocenters. The lowest BCUT2D eigenvalue weighted by atomic mass is 10.1. The molecular weight excluding hydrogens is 374 g/mol. The van der Waals surface area contributed by atoms with E-state index in [1.54, 1.807) is 22.2 Å². The fraction of sp³-hybridized carbons (Fsp3) is 0.350. The molecule has 0 aliphatic carbocycles. The van der Waals surface area contributed by atoms with E-state index in [0.29, 0.717) is 0 Å². The number of carbonyl (C=O) groups excluding carboxylic acids is 1. The minimum atomic E-state index is -0.371. The molecule has 2 aromatic heterocycles. The quantitative estimate of drug-likeness (QED) is 0.715. The highest BCUT2D eigenvalue weighted by Gasteiger charge is 2.18. The highest BCUT2D eigenvalue weighted by atomic mass is 32.1. The van der Waals surface area contributed by atoms with Crippen LogP contribution in [0.5, 0.6) is 0 Å². The number of hydrogen-bond donors (Lipinski definition) is 1. The zero-order valence-electron chi connectivity index (χ0n) is 16.0. The molecule has 7 nitrogen and oxygen atoms in total. The van der Waals surface area contributed by atoms with Crippen LogP contribution in [0.1, 0.15) is 18.7 Å². The van der Waals surface area contributed by atoms with E-state index in [-0.39, 0.29) is 11.9 Å². The molecule has 8 heteroatoms. The highest BCUT2D eigenvalue weighted by molar-refractivity contribution is 7.14. The Labute approximate surface area is 168 Å². The molecule has 3 aromatic rings. The van der Waals surface area contributed by atoms with Crippen molar-refractivity contribution < 1.29 is 9.53 Å². The van der Waals surface area contributed by atoms with E-state index in [4.69, 9.17) is 9.72 Å². The fourth-order valence-electron chi connectivity index (χ4n) is 3.16. The van der Waals surface area contributed by atoms with Crippen molar-refractivity contribution in [2.45, 2.75) is 19.9 Å². The van der Waals surface area contributed by atoms with E-state index in [2.05, 4.69) is 20.7 Å². The molecule has 28 heavy (non-hydrogen) atoms. The Hall–Kier alpha value is -2.71. The van der Waals surface area contributed by atoms with Crippen molar-refractivity contribution in [3.8, 4) is 11.3 Å². The van der Waals surface area contributed by atoms with Gasteiger partial charge in [-0.05, 0) is 32.0 Å². The van der Waals surface area contributed by atoms with Gasteiger partial charge in [-0.15, -0.1) is 11.3 Å². The second kappa shape index (κ2) is 8.12. The average Bonchev–Trinajstić information content (AvgIpc) is 3.38. The molecule has 1 aromatic carbocycles. The van der Waals surface area contributed by atoms with Crippen molar-refractivity contribution in [2.24, 2.45) is 0 Å². The Kier molecular flexibility index (Phi) is 5.40. The Balaban J connectivity index is 1.42. The lowest BCUT2D eigenvalue weighted by molar-refractivity contribution is -0.119. The smallest absolute Gasteiger partial charge is 0.248 e. The highest BCUT2D eigenvalue weighted by Crippen LogP contribution is 2.28. The number of thiazole rings is 1. The summed E-state index contributed by atoms with van der Waals surface area (Å²) >= 11 is 1.65. The number of carbonyl (C=O) groups is 1. The number of aromatic nitrogens is 3. The molecule has 1 saturated heterocycles. The van der Waals surface area contributed by atoms with Crippen molar-refractivity contribution in [3.05, 3.63) is 47.6 Å². The van der Waals surface area contributed by atoms with Crippen molar-refractivity contribution >= 4 is 28.1 Å². The largest absolute Gasteiger partial charge is 0.378 e. The lowest BCUT2D eigenvalue weighted by Gasteiger charge is -2.26. The standard InChI is InChI=1S/C20H23N5O2S/c1-14-7-8-21-25(14)15(2)19(26)22-17-5-3-16(4-6-17)18-13-28-20(23-18)24-9-11-27-12-10-24/h3-8,13,15H,9-12H2,1-2H3,(H,22,26). The molecule has 1 amide bonds. The number of anilines is 2. The molecule has 0 spiro atoms. The van der Waals surface area contributed by atoms with Gasteiger partial charge in [-0.2, -0.15) is 5.10 Å². The Morgan fingerprint density at radius 2 is 1.96 bits per heavy atom. The number of nitrogens with zero attached hydrogens (tertiary/aromatic N) is 4. The number of hydrogen-bond acceptors (Lipinski definition) is 6. The summed E-state index contributed by atoms with van der Waals surface area (Å²) in [4.78, 5) is 19.5. The van der Waals surface area contributed by atoms with Crippen LogP contribution < -0.4 is 10.2 Å². The Bertz CT molecular complexity index is 944. The third-order valence-electron chi connectivity index (χ3n) is 4.84. The molecule has 4 rings (SSSR count). The Morgan fingerprint density at radius 3 is 2.64 bits per heavy atom. The number of nitrogens with one attached hydrogen (secondary N) is 1. The maximum atomic E-state index is 12.5. The number of benzene rings is 1. The molecule has 0 saturated carbocycles. The number of ether oxygens (including phenoxy) is 1. The first-order valence-corrected chi connectivity index (χ1v) is 10.2. The summed E-state index contributed by atoms with van der Waals surface area (Å²) in [6.07, 6.45) is 1.70. The predicted octanol–water partition coefficient (Wildman–Crippen LogP) is 3.35. The molecule has 0 bridgehead atoms. The van der Waals surface area contributed by atoms with Gasteiger partial charge in [0.05, 0.1) is 18.9 Å². The number of aryl methyl sites for hydroxylation is 1. The van der Waals surface area contributed by atoms with Crippen LogP contribution in [0, 0.1) is 6.92 Å². The minimum Gasteiger partial charge on any atom is -0.378 e. The van der Waals surface area contributed by atoms with E-state index in [0.717, 1.165) is 54.1 Å². The summed E-state index contributed by atoms with van der Waals surface area (Å²) < 4.78 is 7.11. The van der Waals surface area contributed by atoms with Crippen LogP contribution >= 0.6 is 11.3 Å². The van der Waals surface area contributed by atoms with Crippen LogP contribution in [0.3, 0.4) is 0 Å². The summed E-state index contributed by atoms with van der Waals surface area (Å²) in [5, 5.41) is 10.3. The van der Waals surface area contributed by atoms with Crippen LogP contribution in [0.2, 0.25) is 0 Å². The fourth-order valence-corrected chi connectivity index (χ4v) is 4.05. The minimum absolute atomic E-state index is 0.0946. The van der Waals surface area contributed by atoms with Gasteiger partial charge in [0.2, 0.25) is 5.91 Å². The lowest BCUT2D eigenvalue weighted by Crippen LogP contribution is -2.36. The van der Waals surface area contributed by atoms with Gasteiger partial charge in [-0.25, -0.2) is 4.98 Å². The molecule has 146 valence electrons. The van der Waals surface area contributed by atoms with Crippen LogP contribution in [-0.2, 0) is 9.53 Å². The summed E-state index contributed by atoms with van der Waals surface area (Å²) in [6, 6.07) is 9.30. The summed E-state index contributed by atoms with van der Waals surface area (Å²) in [5.41, 5.74) is 3.70. The first-order chi connectivity index (χ1) is 13.6. The molecule has 1 aliphatic rings. The molecular formula is C20H23N5O2S. The normalized spacial score (nSPS) is 15.4. The number of amides is 1. The van der Waals surface area contributed by atoms with E-state index < -0.39 is 0 Å². The molecule has 1 unspecified atom stereocenters. The number of rotatable bonds is 5. The van der Waals surface area contributed by atoms with Crippen molar-refractivity contribution in [1.29, 1.82) is 0 Å². The SMILES string of the molecule is Cc1ccnn1C(C)C(=O)Nc1ccc(-c2csc(N3CCOCC3)n2)cc1. The Morgan fingerprint density at radius 1 is 1.21 bits per heavy atom. The van der Waals surface area contributed by atoms with Gasteiger partial charge < -0.3 is 15.0 Å². The first-order valence-electron chi connectivity index (χ1n) is 9.31. The van der Waals surface area contributed by atoms with Crippen LogP contribution in [0.4, 0.5) is 10.8 Å². The van der Waals surface area contributed by atoms with Gasteiger partial charge in [-0.1, -0.05) is 12.1 Å². The topological polar surface area (TPSA) is 72.3 Å². The second-order valence-corrected chi connectivity index (χ2v) is 7.61. The zero-order valence-corrected chi connectivity index (χ0v) is 16.8. The predicted molar refractivity (Wildman–Crippen MR) is 111 cm³/mol. The summed E-state index contributed by atoms with van der Waals surface area (Å²) in [5.74, 6) is -0.0946. The number of morpholine rings is 1. The van der Waals surface area contributed by atoms with Gasteiger partial charge in [0.1, 0.15) is 6.04 Å². The zero-order chi connectivity index (χ0) is 19.5. The average molecular weight is 398 g/mol. The van der Waals surface area contributed by atoms with E-state index in [1.807, 2.05) is 44.2 Å². The first kappa shape index (κ1) is 18.6. The van der Waals surface area contributed by atoms with E-state index >= 15 is 0 Å². The third-order valence-corrected chi connectivity index (χ3v) is 5.74. The molecule has 0 radical (unpaired) electrons. The maximum absolute atomic E-state index is 12.5. The van der Waals surface area contributed by atoms with Crippen LogP contribution in [-0.4, -0.2) is 47.0 Å². The monoisotopic (exact) mass is 397 g/mol.